The SMILES string of the molecule is C=C(C=O)[C@@H]1CC[C@]2(C)CC[C@]3(C)[C@H](CC[C@@H]4[C@@]5(C)CCC(O)C(C)(C)[C@@H]5CC[C@]43C)[C@@H]12. The lowest BCUT2D eigenvalue weighted by Gasteiger charge is -2.72. The zero-order valence-electron chi connectivity index (χ0n) is 21.7. The van der Waals surface area contributed by atoms with Crippen molar-refractivity contribution in [3.63, 3.8) is 0 Å². The van der Waals surface area contributed by atoms with Gasteiger partial charge in [0, 0.05) is 0 Å². The van der Waals surface area contributed by atoms with Gasteiger partial charge in [0.2, 0.25) is 0 Å². The van der Waals surface area contributed by atoms with Crippen LogP contribution in [-0.2, 0) is 4.79 Å². The molecule has 32 heavy (non-hydrogen) atoms. The van der Waals surface area contributed by atoms with Crippen LogP contribution in [0, 0.1) is 56.7 Å². The summed E-state index contributed by atoms with van der Waals surface area (Å²) in [5, 5.41) is 10.9. The van der Waals surface area contributed by atoms with Gasteiger partial charge in [-0.1, -0.05) is 48.1 Å². The minimum Gasteiger partial charge on any atom is -0.393 e. The van der Waals surface area contributed by atoms with Crippen LogP contribution in [0.2, 0.25) is 0 Å². The Morgan fingerprint density at radius 1 is 0.812 bits per heavy atom. The van der Waals surface area contributed by atoms with Gasteiger partial charge in [-0.05, 0) is 126 Å². The Morgan fingerprint density at radius 3 is 2.22 bits per heavy atom. The molecule has 0 aromatic heterocycles. The molecule has 0 amide bonds. The summed E-state index contributed by atoms with van der Waals surface area (Å²) >= 11 is 0. The topological polar surface area (TPSA) is 37.3 Å². The number of rotatable bonds is 2. The average Bonchev–Trinajstić information content (AvgIpc) is 3.09. The number of carbonyl (C=O) groups is 1. The van der Waals surface area contributed by atoms with E-state index >= 15 is 0 Å². The largest absolute Gasteiger partial charge is 0.393 e. The van der Waals surface area contributed by atoms with Gasteiger partial charge in [-0.3, -0.25) is 4.79 Å². The van der Waals surface area contributed by atoms with Crippen molar-refractivity contribution in [3.05, 3.63) is 12.2 Å². The second kappa shape index (κ2) is 6.96. The van der Waals surface area contributed by atoms with Crippen molar-refractivity contribution in [1.82, 2.24) is 0 Å². The van der Waals surface area contributed by atoms with E-state index < -0.39 is 0 Å². The van der Waals surface area contributed by atoms with Crippen LogP contribution in [0.15, 0.2) is 12.2 Å². The third-order valence-electron chi connectivity index (χ3n) is 13.5. The zero-order valence-corrected chi connectivity index (χ0v) is 21.7. The van der Waals surface area contributed by atoms with Crippen LogP contribution < -0.4 is 0 Å². The lowest BCUT2D eigenvalue weighted by Crippen LogP contribution is -2.66. The molecular weight excluding hydrogens is 392 g/mol. The van der Waals surface area contributed by atoms with Gasteiger partial charge in [0.1, 0.15) is 6.29 Å². The molecule has 2 heteroatoms. The fraction of sp³-hybridized carbons (Fsp3) is 0.900. The quantitative estimate of drug-likeness (QED) is 0.364. The zero-order chi connectivity index (χ0) is 23.3. The number of aliphatic hydroxyl groups is 1. The predicted octanol–water partition coefficient (Wildman–Crippen LogP) is 7.20. The van der Waals surface area contributed by atoms with Gasteiger partial charge in [0.15, 0.2) is 0 Å². The summed E-state index contributed by atoms with van der Waals surface area (Å²) < 4.78 is 0. The fourth-order valence-electron chi connectivity index (χ4n) is 11.4. The molecule has 1 unspecified atom stereocenters. The van der Waals surface area contributed by atoms with Crippen LogP contribution in [0.5, 0.6) is 0 Å². The maximum atomic E-state index is 11.8. The minimum absolute atomic E-state index is 0.0233. The van der Waals surface area contributed by atoms with Crippen LogP contribution in [0.3, 0.4) is 0 Å². The number of carbonyl (C=O) groups excluding carboxylic acids is 1. The highest BCUT2D eigenvalue weighted by molar-refractivity contribution is 5.73. The van der Waals surface area contributed by atoms with Crippen LogP contribution in [0.4, 0.5) is 0 Å². The monoisotopic (exact) mass is 440 g/mol. The molecule has 0 heterocycles. The normalized spacial score (nSPS) is 56.3. The van der Waals surface area contributed by atoms with Crippen molar-refractivity contribution in [2.45, 2.75) is 112 Å². The molecule has 0 radical (unpaired) electrons. The van der Waals surface area contributed by atoms with Crippen molar-refractivity contribution < 1.29 is 9.90 Å². The van der Waals surface area contributed by atoms with Crippen molar-refractivity contribution in [3.8, 4) is 0 Å². The maximum absolute atomic E-state index is 11.8. The van der Waals surface area contributed by atoms with E-state index in [4.69, 9.17) is 0 Å². The average molecular weight is 441 g/mol. The molecule has 5 rings (SSSR count). The molecule has 180 valence electrons. The highest BCUT2D eigenvalue weighted by Crippen LogP contribution is 2.77. The molecule has 0 aromatic carbocycles. The van der Waals surface area contributed by atoms with E-state index in [2.05, 4.69) is 48.1 Å². The molecule has 5 aliphatic rings. The Morgan fingerprint density at radius 2 is 1.53 bits per heavy atom. The Balaban J connectivity index is 1.54. The van der Waals surface area contributed by atoms with Gasteiger partial charge in [0.25, 0.3) is 0 Å². The number of aliphatic hydroxyl groups excluding tert-OH is 1. The Kier molecular flexibility index (Phi) is 5.03. The third kappa shape index (κ3) is 2.65. The van der Waals surface area contributed by atoms with Gasteiger partial charge < -0.3 is 5.11 Å². The van der Waals surface area contributed by atoms with Crippen LogP contribution in [0.25, 0.3) is 0 Å². The molecule has 5 fully saturated rings. The predicted molar refractivity (Wildman–Crippen MR) is 131 cm³/mol. The number of allylic oxidation sites excluding steroid dienone is 1. The molecule has 1 N–H and O–H groups in total. The first-order valence-corrected chi connectivity index (χ1v) is 13.7. The standard InChI is InChI=1S/C30H48O2/c1-19(18-31)20-10-13-27(4)16-17-29(6)21(25(20)27)8-9-23-28(5)14-12-24(32)26(2,3)22(28)11-15-30(23,29)7/h18,20-25,32H,1,8-17H2,2-7H3/t20-,21+,22-,23+,24?,25+,27+,28-,29+,30+/m0/s1. The van der Waals surface area contributed by atoms with Crippen molar-refractivity contribution in [1.29, 1.82) is 0 Å². The van der Waals surface area contributed by atoms with E-state index in [9.17, 15) is 9.90 Å². The summed E-state index contributed by atoms with van der Waals surface area (Å²) in [6, 6.07) is 0. The lowest BCUT2D eigenvalue weighted by molar-refractivity contribution is -0.246. The molecule has 10 atom stereocenters. The molecule has 5 aliphatic carbocycles. The van der Waals surface area contributed by atoms with Crippen LogP contribution in [0.1, 0.15) is 106 Å². The summed E-state index contributed by atoms with van der Waals surface area (Å²) in [5.74, 6) is 3.12. The first kappa shape index (κ1) is 23.1. The summed E-state index contributed by atoms with van der Waals surface area (Å²) in [6.45, 7) is 19.4. The van der Waals surface area contributed by atoms with E-state index in [1.807, 2.05) is 0 Å². The van der Waals surface area contributed by atoms with E-state index in [0.717, 1.165) is 30.6 Å². The molecule has 2 nitrogen and oxygen atoms in total. The number of hydrogen-bond acceptors (Lipinski definition) is 2. The van der Waals surface area contributed by atoms with Gasteiger partial charge in [-0.15, -0.1) is 0 Å². The van der Waals surface area contributed by atoms with Crippen molar-refractivity contribution >= 4 is 6.29 Å². The van der Waals surface area contributed by atoms with E-state index in [0.29, 0.717) is 45.3 Å². The van der Waals surface area contributed by atoms with E-state index in [1.54, 1.807) is 0 Å². The Labute approximate surface area is 197 Å². The molecular formula is C30H48O2. The first-order valence-electron chi connectivity index (χ1n) is 13.7. The van der Waals surface area contributed by atoms with Gasteiger partial charge in [-0.2, -0.15) is 0 Å². The van der Waals surface area contributed by atoms with Crippen LogP contribution >= 0.6 is 0 Å². The fourth-order valence-corrected chi connectivity index (χ4v) is 11.4. The van der Waals surface area contributed by atoms with Gasteiger partial charge in [0.05, 0.1) is 6.10 Å². The van der Waals surface area contributed by atoms with Crippen molar-refractivity contribution in [2.75, 3.05) is 0 Å². The highest BCUT2D eigenvalue weighted by Gasteiger charge is 2.70. The molecule has 0 bridgehead atoms. The Hall–Kier alpha value is -0.630. The maximum Gasteiger partial charge on any atom is 0.145 e. The number of fused-ring (bicyclic) bond motifs is 7. The lowest BCUT2D eigenvalue weighted by atomic mass is 9.32. The second-order valence-electron chi connectivity index (χ2n) is 14.6. The number of hydrogen-bond donors (Lipinski definition) is 1. The van der Waals surface area contributed by atoms with Crippen LogP contribution in [-0.4, -0.2) is 17.5 Å². The third-order valence-corrected chi connectivity index (χ3v) is 13.5. The molecule has 0 spiro atoms. The molecule has 0 saturated heterocycles. The summed E-state index contributed by atoms with van der Waals surface area (Å²) in [7, 11) is 0. The van der Waals surface area contributed by atoms with E-state index in [-0.39, 0.29) is 11.5 Å². The van der Waals surface area contributed by atoms with Gasteiger partial charge >= 0.3 is 0 Å². The van der Waals surface area contributed by atoms with E-state index in [1.165, 1.54) is 51.4 Å². The summed E-state index contributed by atoms with van der Waals surface area (Å²) in [6.07, 6.45) is 13.4. The summed E-state index contributed by atoms with van der Waals surface area (Å²) in [4.78, 5) is 11.8. The molecule has 0 aliphatic heterocycles. The number of aldehydes is 1. The van der Waals surface area contributed by atoms with Gasteiger partial charge in [-0.25, -0.2) is 0 Å². The first-order chi connectivity index (χ1) is 14.8. The molecule has 5 saturated carbocycles. The minimum atomic E-state index is -0.152. The Bertz CT molecular complexity index is 814. The summed E-state index contributed by atoms with van der Waals surface area (Å²) in [5.41, 5.74) is 2.33. The highest BCUT2D eigenvalue weighted by atomic mass is 16.3. The second-order valence-corrected chi connectivity index (χ2v) is 14.6. The molecule has 0 aromatic rings. The van der Waals surface area contributed by atoms with Crippen molar-refractivity contribution in [2.24, 2.45) is 56.7 Å². The smallest absolute Gasteiger partial charge is 0.145 e.